The zero-order chi connectivity index (χ0) is 10.9. The molecular formula is C4H2CoHgN4O4. The molecule has 1 radical (unpaired) electrons. The van der Waals surface area contributed by atoms with Gasteiger partial charge in [-0.1, -0.05) is 0 Å². The number of aliphatic hydroxyl groups is 2. The minimum absolute atomic E-state index is 0. The fourth-order valence-electron chi connectivity index (χ4n) is 0.0822. The zero-order valence-electron chi connectivity index (χ0n) is 6.54. The largest absolute Gasteiger partial charge is 0 e. The summed E-state index contributed by atoms with van der Waals surface area (Å²) >= 11 is -1.93. The molecule has 0 bridgehead atoms. The summed E-state index contributed by atoms with van der Waals surface area (Å²) in [4.78, 5) is 0. The molecule has 0 atom stereocenters. The molecule has 0 aromatic rings. The van der Waals surface area contributed by atoms with Crippen LogP contribution in [0.2, 0.25) is 0 Å². The number of nitrogens with zero attached hydrogens (tertiary/aromatic N) is 4. The van der Waals surface area contributed by atoms with Gasteiger partial charge < -0.3 is 10.2 Å². The van der Waals surface area contributed by atoms with Crippen molar-refractivity contribution in [2.75, 3.05) is 0 Å². The molecule has 10 heteroatoms. The standard InChI is InChI=1S/4CHNO.Co.Hg/c4*2-1-3;;/h4*3H;;/q;;;;;+2/p-2. The Morgan fingerprint density at radius 1 is 0.857 bits per heavy atom. The third kappa shape index (κ3) is 144. The predicted octanol–water partition coefficient (Wildman–Crippen LogP) is -0.428. The van der Waals surface area contributed by atoms with Crippen LogP contribution >= 0.6 is 0 Å². The minimum atomic E-state index is -1.93. The molecule has 73 valence electrons. The predicted molar refractivity (Wildman–Crippen MR) is 28.5 cm³/mol. The maximum absolute atomic E-state index is 7.69. The van der Waals surface area contributed by atoms with Gasteiger partial charge in [0, 0.05) is 16.8 Å². The first-order chi connectivity index (χ1) is 6.24. The van der Waals surface area contributed by atoms with Crippen LogP contribution in [0.5, 0.6) is 0 Å². The summed E-state index contributed by atoms with van der Waals surface area (Å²) < 4.78 is 8.31. The van der Waals surface area contributed by atoms with Crippen LogP contribution in [0.15, 0.2) is 0 Å². The molecule has 0 aliphatic heterocycles. The van der Waals surface area contributed by atoms with Crippen molar-refractivity contribution >= 4 is 0 Å². The van der Waals surface area contributed by atoms with Gasteiger partial charge in [0.1, 0.15) is 0 Å². The number of hydrogen-bond acceptors (Lipinski definition) is 8. The molecule has 0 fully saturated rings. The van der Waals surface area contributed by atoms with Crippen LogP contribution in [0.1, 0.15) is 0 Å². The van der Waals surface area contributed by atoms with E-state index < -0.39 is 25.5 Å². The van der Waals surface area contributed by atoms with E-state index >= 15 is 0 Å². The maximum atomic E-state index is 7.69. The fourth-order valence-corrected chi connectivity index (χ4v) is 0.721. The smallest absolute Gasteiger partial charge is 0 e. The molecule has 0 spiro atoms. The Morgan fingerprint density at radius 2 is 1.07 bits per heavy atom. The topological polar surface area (TPSA) is 154 Å². The Hall–Kier alpha value is -1.40. The number of hydrogen-bond donors (Lipinski definition) is 2. The van der Waals surface area contributed by atoms with Crippen molar-refractivity contribution in [2.45, 2.75) is 0 Å². The Kier molecular flexibility index (Phi) is 68.0. The Balaban J connectivity index is -0.0000000610. The molecule has 0 saturated carbocycles. The molecule has 0 amide bonds. The molecule has 0 aliphatic carbocycles. The third-order valence-corrected chi connectivity index (χ3v) is 2.17. The van der Waals surface area contributed by atoms with E-state index in [2.05, 4.69) is 5.29 Å². The van der Waals surface area contributed by atoms with Crippen LogP contribution in [-0.4, -0.2) is 10.2 Å². The van der Waals surface area contributed by atoms with Gasteiger partial charge in [0.25, 0.3) is 12.5 Å². The first-order valence-electron chi connectivity index (χ1n) is 2.33. The van der Waals surface area contributed by atoms with E-state index in [0.717, 1.165) is 12.5 Å². The molecule has 0 aromatic heterocycles. The molecule has 14 heavy (non-hydrogen) atoms. The van der Waals surface area contributed by atoms with Crippen molar-refractivity contribution in [1.82, 2.24) is 0 Å². The van der Waals surface area contributed by atoms with Crippen LogP contribution in [0.25, 0.3) is 0 Å². The average Bonchev–Trinajstić information content (AvgIpc) is 2.08. The summed E-state index contributed by atoms with van der Waals surface area (Å²) in [7, 11) is 0. The van der Waals surface area contributed by atoms with Gasteiger partial charge in [-0.2, -0.15) is 10.5 Å². The van der Waals surface area contributed by atoms with Crippen LogP contribution in [0.3, 0.4) is 0 Å². The van der Waals surface area contributed by atoms with Gasteiger partial charge >= 0.3 is 53.8 Å². The molecule has 0 aliphatic rings. The van der Waals surface area contributed by atoms with Gasteiger partial charge in [0.15, 0.2) is 0 Å². The first-order valence-corrected chi connectivity index (χ1v) is 6.82. The van der Waals surface area contributed by atoms with Crippen molar-refractivity contribution in [3.63, 3.8) is 0 Å². The van der Waals surface area contributed by atoms with Gasteiger partial charge in [-0.25, -0.2) is 0 Å². The van der Waals surface area contributed by atoms with Crippen molar-refractivity contribution in [2.24, 2.45) is 0 Å². The van der Waals surface area contributed by atoms with E-state index in [1.807, 2.05) is 0 Å². The molecular weight excluding hydrogens is 428 g/mol. The van der Waals surface area contributed by atoms with E-state index in [0.29, 0.717) is 0 Å². The second-order valence-electron chi connectivity index (χ2n) is 0.789. The van der Waals surface area contributed by atoms with E-state index in [4.69, 9.17) is 31.3 Å². The van der Waals surface area contributed by atoms with Crippen molar-refractivity contribution in [3.05, 3.63) is 0 Å². The average molecular weight is 430 g/mol. The Morgan fingerprint density at radius 3 is 1.21 bits per heavy atom. The van der Waals surface area contributed by atoms with E-state index in [9.17, 15) is 0 Å². The number of rotatable bonds is 2. The third-order valence-electron chi connectivity index (χ3n) is 0.247. The summed E-state index contributed by atoms with van der Waals surface area (Å²) in [5.74, 6) is 0. The van der Waals surface area contributed by atoms with Gasteiger partial charge in [-0.15, -0.1) is 0 Å². The Labute approximate surface area is 103 Å². The summed E-state index contributed by atoms with van der Waals surface area (Å²) in [6, 6.07) is 0. The molecule has 2 N–H and O–H groups in total. The number of nitriles is 4. The van der Waals surface area contributed by atoms with Gasteiger partial charge in [-0.05, 0) is 0 Å². The SMILES string of the molecule is N#CO.N#CO.N#C[O][Hg][O]C#N.[Co]. The second kappa shape index (κ2) is 41.6. The molecule has 0 unspecified atom stereocenters. The normalized spacial score (nSPS) is 3.14. The summed E-state index contributed by atoms with van der Waals surface area (Å²) in [6.45, 7) is 0. The maximum Gasteiger partial charge on any atom is 0 e. The number of aliphatic hydroxyl groups excluding tert-OH is 2. The molecule has 0 aromatic carbocycles. The van der Waals surface area contributed by atoms with Crippen LogP contribution in [0, 0.1) is 46.1 Å². The summed E-state index contributed by atoms with van der Waals surface area (Å²) in [6.07, 6.45) is 4.35. The Bertz CT molecular complexity index is 222. The molecule has 8 nitrogen and oxygen atoms in total. The van der Waals surface area contributed by atoms with E-state index in [1.54, 1.807) is 0 Å². The minimum Gasteiger partial charge on any atom is 0 e. The molecule has 0 rings (SSSR count). The first kappa shape index (κ1) is 22.9. The van der Waals surface area contributed by atoms with Crippen LogP contribution < -0.4 is 0 Å². The zero-order valence-corrected chi connectivity index (χ0v) is 13.1. The monoisotopic (exact) mass is 431 g/mol. The van der Waals surface area contributed by atoms with E-state index in [1.165, 1.54) is 12.5 Å². The van der Waals surface area contributed by atoms with Crippen LogP contribution in [-0.2, 0) is 47.6 Å². The van der Waals surface area contributed by atoms with Crippen LogP contribution in [0.4, 0.5) is 0 Å². The van der Waals surface area contributed by atoms with Gasteiger partial charge in [0.2, 0.25) is 0 Å². The molecule has 0 heterocycles. The summed E-state index contributed by atoms with van der Waals surface area (Å²) in [5.41, 5.74) is 0. The molecule has 0 saturated heterocycles. The summed E-state index contributed by atoms with van der Waals surface area (Å²) in [5, 5.41) is 42.9. The van der Waals surface area contributed by atoms with Gasteiger partial charge in [-0.3, -0.25) is 0 Å². The van der Waals surface area contributed by atoms with Crippen molar-refractivity contribution in [1.29, 1.82) is 21.0 Å². The van der Waals surface area contributed by atoms with Gasteiger partial charge in [0.05, 0.1) is 0 Å². The second-order valence-corrected chi connectivity index (χ2v) is 3.95. The quantitative estimate of drug-likeness (QED) is 0.340. The van der Waals surface area contributed by atoms with Crippen molar-refractivity contribution in [3.8, 4) is 25.0 Å². The fraction of sp³-hybridized carbons (Fsp3) is 0. The van der Waals surface area contributed by atoms with Crippen molar-refractivity contribution < 1.29 is 57.8 Å². The van der Waals surface area contributed by atoms with E-state index in [-0.39, 0.29) is 16.8 Å².